The van der Waals surface area contributed by atoms with Crippen LogP contribution in [0.1, 0.15) is 28.9 Å². The Hall–Kier alpha value is -4.89. The standard InChI is InChI=1S/C30H26F3N5O6S/c1-3-26-36-38-13-22(35-29(38)44-26)25-12-21-23(10-20(41-2)11-24(21)43-25)42-14-19-15-45-27(34-19)17-4-6-18(7-5-17)28(40)37(8-9-39)16-30(31,32)33/h4-7,10-13,15,39H,3,8-9,14,16H2,1-2H3. The quantitative estimate of drug-likeness (QED) is 0.181. The molecule has 15 heteroatoms. The minimum absolute atomic E-state index is 0.0733. The van der Waals surface area contributed by atoms with E-state index in [1.165, 1.54) is 23.5 Å². The first-order valence-corrected chi connectivity index (χ1v) is 14.6. The number of hydrogen-bond donors (Lipinski definition) is 1. The molecule has 0 unspecified atom stereocenters. The molecular formula is C30H26F3N5O6S. The second-order valence-electron chi connectivity index (χ2n) is 9.93. The van der Waals surface area contributed by atoms with Gasteiger partial charge in [0.05, 0.1) is 31.0 Å². The number of aryl methyl sites for hydroxylation is 1. The summed E-state index contributed by atoms with van der Waals surface area (Å²) in [6.45, 7) is -0.381. The molecular weight excluding hydrogens is 615 g/mol. The van der Waals surface area contributed by atoms with Crippen molar-refractivity contribution < 1.29 is 41.4 Å². The lowest BCUT2D eigenvalue weighted by molar-refractivity contribution is -0.141. The van der Waals surface area contributed by atoms with Crippen LogP contribution >= 0.6 is 11.3 Å². The average molecular weight is 642 g/mol. The first-order chi connectivity index (χ1) is 21.6. The molecule has 0 aliphatic heterocycles. The Morgan fingerprint density at radius 1 is 1.13 bits per heavy atom. The average Bonchev–Trinajstić information content (AvgIpc) is 3.81. The minimum atomic E-state index is -4.58. The smallest absolute Gasteiger partial charge is 0.406 e. The third kappa shape index (κ3) is 6.49. The van der Waals surface area contributed by atoms with E-state index < -0.39 is 31.8 Å². The number of imidazole rings is 1. The summed E-state index contributed by atoms with van der Waals surface area (Å²) in [4.78, 5) is 22.3. The predicted octanol–water partition coefficient (Wildman–Crippen LogP) is 6.01. The van der Waals surface area contributed by atoms with Crippen LogP contribution in [0, 0.1) is 0 Å². The Bertz CT molecular complexity index is 1930. The summed E-state index contributed by atoms with van der Waals surface area (Å²) in [5.41, 5.74) is 2.48. The number of aliphatic hydroxyl groups is 1. The fourth-order valence-corrected chi connectivity index (χ4v) is 5.44. The van der Waals surface area contributed by atoms with Crippen LogP contribution in [-0.2, 0) is 13.0 Å². The van der Waals surface area contributed by atoms with E-state index in [4.69, 9.17) is 23.4 Å². The number of methoxy groups -OCH3 is 1. The zero-order chi connectivity index (χ0) is 31.7. The Morgan fingerprint density at radius 3 is 2.62 bits per heavy atom. The van der Waals surface area contributed by atoms with Crippen molar-refractivity contribution in [2.24, 2.45) is 0 Å². The molecule has 0 saturated heterocycles. The highest BCUT2D eigenvalue weighted by Gasteiger charge is 2.33. The lowest BCUT2D eigenvalue weighted by Gasteiger charge is -2.23. The van der Waals surface area contributed by atoms with E-state index in [9.17, 15) is 18.0 Å². The molecule has 45 heavy (non-hydrogen) atoms. The Balaban J connectivity index is 1.17. The van der Waals surface area contributed by atoms with Crippen molar-refractivity contribution >= 4 is 34.1 Å². The number of alkyl halides is 3. The van der Waals surface area contributed by atoms with Crippen LogP contribution in [0.4, 0.5) is 13.2 Å². The van der Waals surface area contributed by atoms with Gasteiger partial charge in [-0.25, -0.2) is 4.98 Å². The molecule has 1 N–H and O–H groups in total. The van der Waals surface area contributed by atoms with Gasteiger partial charge < -0.3 is 28.3 Å². The molecule has 234 valence electrons. The number of carbonyl (C=O) groups excluding carboxylic acids is 1. The lowest BCUT2D eigenvalue weighted by Crippen LogP contribution is -2.40. The molecule has 0 bridgehead atoms. The van der Waals surface area contributed by atoms with Gasteiger partial charge in [-0.1, -0.05) is 19.1 Å². The van der Waals surface area contributed by atoms with Gasteiger partial charge in [0.1, 0.15) is 40.9 Å². The van der Waals surface area contributed by atoms with E-state index in [1.54, 1.807) is 42.1 Å². The Labute approximate surface area is 257 Å². The maximum Gasteiger partial charge on any atom is 0.406 e. The highest BCUT2D eigenvalue weighted by molar-refractivity contribution is 7.13. The third-order valence-corrected chi connectivity index (χ3v) is 7.72. The van der Waals surface area contributed by atoms with E-state index in [1.807, 2.05) is 18.4 Å². The molecule has 0 saturated carbocycles. The molecule has 4 heterocycles. The highest BCUT2D eigenvalue weighted by Crippen LogP contribution is 2.37. The Kier molecular flexibility index (Phi) is 8.20. The second kappa shape index (κ2) is 12.2. The number of furan rings is 1. The van der Waals surface area contributed by atoms with Gasteiger partial charge in [-0.3, -0.25) is 4.79 Å². The summed E-state index contributed by atoms with van der Waals surface area (Å²) in [7, 11) is 1.54. The molecule has 0 fully saturated rings. The van der Waals surface area contributed by atoms with Gasteiger partial charge in [0, 0.05) is 41.6 Å². The van der Waals surface area contributed by atoms with Gasteiger partial charge in [-0.2, -0.15) is 22.7 Å². The van der Waals surface area contributed by atoms with E-state index in [0.717, 1.165) is 0 Å². The number of ether oxygens (including phenoxy) is 2. The largest absolute Gasteiger partial charge is 0.496 e. The SMILES string of the molecule is CCc1nn2cc(-c3cc4c(OCc5csc(-c6ccc(C(=O)N(CCO)CC(F)(F)F)cc6)n5)cc(OC)cc4o3)nc2o1. The van der Waals surface area contributed by atoms with Gasteiger partial charge >= 0.3 is 12.0 Å². The molecule has 4 aromatic heterocycles. The topological polar surface area (TPSA) is 128 Å². The highest BCUT2D eigenvalue weighted by atomic mass is 32.1. The summed E-state index contributed by atoms with van der Waals surface area (Å²) < 4.78 is 63.5. The van der Waals surface area contributed by atoms with Gasteiger partial charge in [-0.05, 0) is 18.2 Å². The van der Waals surface area contributed by atoms with Crippen LogP contribution in [0.5, 0.6) is 11.5 Å². The van der Waals surface area contributed by atoms with Gasteiger partial charge in [0.2, 0.25) is 5.89 Å². The second-order valence-corrected chi connectivity index (χ2v) is 10.8. The summed E-state index contributed by atoms with van der Waals surface area (Å²) >= 11 is 1.36. The minimum Gasteiger partial charge on any atom is -0.496 e. The third-order valence-electron chi connectivity index (χ3n) is 6.78. The fourth-order valence-electron chi connectivity index (χ4n) is 4.63. The summed E-state index contributed by atoms with van der Waals surface area (Å²) in [5.74, 6) is 1.67. The zero-order valence-electron chi connectivity index (χ0n) is 24.0. The van der Waals surface area contributed by atoms with Crippen LogP contribution in [0.2, 0.25) is 0 Å². The van der Waals surface area contributed by atoms with Crippen molar-refractivity contribution in [3.8, 4) is 33.5 Å². The van der Waals surface area contributed by atoms with Crippen molar-refractivity contribution in [1.29, 1.82) is 0 Å². The van der Waals surface area contributed by atoms with Crippen molar-refractivity contribution in [3.05, 3.63) is 71.2 Å². The lowest BCUT2D eigenvalue weighted by atomic mass is 10.1. The van der Waals surface area contributed by atoms with Crippen molar-refractivity contribution in [2.75, 3.05) is 26.8 Å². The number of aliphatic hydroxyl groups excluding tert-OH is 1. The van der Waals surface area contributed by atoms with Crippen molar-refractivity contribution in [1.82, 2.24) is 24.5 Å². The molecule has 11 nitrogen and oxygen atoms in total. The number of thiazole rings is 1. The van der Waals surface area contributed by atoms with Gasteiger partial charge in [0.15, 0.2) is 5.76 Å². The molecule has 0 aliphatic carbocycles. The number of aromatic nitrogens is 4. The number of amides is 1. The Morgan fingerprint density at radius 2 is 1.93 bits per heavy atom. The number of carbonyl (C=O) groups is 1. The van der Waals surface area contributed by atoms with E-state index >= 15 is 0 Å². The van der Waals surface area contributed by atoms with Crippen LogP contribution in [0.15, 0.2) is 62.9 Å². The number of hydrogen-bond acceptors (Lipinski definition) is 10. The van der Waals surface area contributed by atoms with Crippen LogP contribution in [0.3, 0.4) is 0 Å². The monoisotopic (exact) mass is 641 g/mol. The van der Waals surface area contributed by atoms with Gasteiger partial charge in [0.25, 0.3) is 5.91 Å². The van der Waals surface area contributed by atoms with Gasteiger partial charge in [-0.15, -0.1) is 16.4 Å². The molecule has 0 atom stereocenters. The number of nitrogens with zero attached hydrogens (tertiary/aromatic N) is 5. The number of fused-ring (bicyclic) bond motifs is 2. The van der Waals surface area contributed by atoms with Crippen LogP contribution < -0.4 is 9.47 Å². The number of halogens is 3. The molecule has 2 aromatic carbocycles. The summed E-state index contributed by atoms with van der Waals surface area (Å²) in [5, 5.41) is 16.6. The molecule has 0 radical (unpaired) electrons. The van der Waals surface area contributed by atoms with Crippen LogP contribution in [-0.4, -0.2) is 68.5 Å². The summed E-state index contributed by atoms with van der Waals surface area (Å²) in [6.07, 6.45) is -2.21. The number of rotatable bonds is 11. The molecule has 6 rings (SSSR count). The van der Waals surface area contributed by atoms with Crippen molar-refractivity contribution in [3.63, 3.8) is 0 Å². The predicted molar refractivity (Wildman–Crippen MR) is 157 cm³/mol. The maximum atomic E-state index is 12.9. The van der Waals surface area contributed by atoms with Crippen LogP contribution in [0.25, 0.3) is 38.8 Å². The zero-order valence-corrected chi connectivity index (χ0v) is 24.8. The molecule has 6 aromatic rings. The molecule has 0 aliphatic rings. The normalized spacial score (nSPS) is 11.9. The van der Waals surface area contributed by atoms with Crippen molar-refractivity contribution in [2.45, 2.75) is 26.1 Å². The molecule has 0 spiro atoms. The molecule has 1 amide bonds. The van der Waals surface area contributed by atoms with E-state index in [2.05, 4.69) is 15.1 Å². The summed E-state index contributed by atoms with van der Waals surface area (Å²) in [6, 6.07) is 11.4. The number of benzene rings is 2. The first kappa shape index (κ1) is 30.1. The maximum absolute atomic E-state index is 12.9. The van der Waals surface area contributed by atoms with E-state index in [0.29, 0.717) is 73.2 Å². The van der Waals surface area contributed by atoms with E-state index in [-0.39, 0.29) is 12.2 Å². The first-order valence-electron chi connectivity index (χ1n) is 13.8. The fraction of sp³-hybridized carbons (Fsp3) is 0.267.